The van der Waals surface area contributed by atoms with Gasteiger partial charge in [0.15, 0.2) is 0 Å². The van der Waals surface area contributed by atoms with Crippen molar-refractivity contribution in [2.45, 2.75) is 91.4 Å². The van der Waals surface area contributed by atoms with Gasteiger partial charge >= 0.3 is 0 Å². The van der Waals surface area contributed by atoms with Crippen molar-refractivity contribution < 1.29 is 4.79 Å². The van der Waals surface area contributed by atoms with Crippen molar-refractivity contribution in [3.05, 3.63) is 35.4 Å². The third kappa shape index (κ3) is 8.04. The number of carbonyl (C=O) groups is 1. The number of carbonyl (C=O) groups excluding carboxylic acids is 1. The number of hydrogen-bond donors (Lipinski definition) is 0. The minimum Gasteiger partial charge on any atom is -0.306 e. The second-order valence-corrected chi connectivity index (χ2v) is 11.9. The lowest BCUT2D eigenvalue weighted by atomic mass is 9.75. The van der Waals surface area contributed by atoms with E-state index < -0.39 is 0 Å². The summed E-state index contributed by atoms with van der Waals surface area (Å²) >= 11 is 0. The molecule has 3 rings (SSSR count). The smallest absolute Gasteiger partial charge is 0.123 e. The Morgan fingerprint density at radius 3 is 2.16 bits per heavy atom. The van der Waals surface area contributed by atoms with Gasteiger partial charge in [-0.15, -0.1) is 0 Å². The van der Waals surface area contributed by atoms with E-state index in [2.05, 4.69) is 57.0 Å². The molecule has 174 valence electrons. The van der Waals surface area contributed by atoms with Crippen LogP contribution < -0.4 is 0 Å². The highest BCUT2D eigenvalue weighted by Gasteiger charge is 2.32. The first kappa shape index (κ1) is 24.5. The highest BCUT2D eigenvalue weighted by molar-refractivity contribution is 5.53. The minimum atomic E-state index is 0.266. The third-order valence-electron chi connectivity index (χ3n) is 8.26. The van der Waals surface area contributed by atoms with Gasteiger partial charge in [-0.2, -0.15) is 0 Å². The Balaban J connectivity index is 1.48. The van der Waals surface area contributed by atoms with E-state index >= 15 is 0 Å². The van der Waals surface area contributed by atoms with Gasteiger partial charge in [0.05, 0.1) is 0 Å². The molecule has 2 unspecified atom stereocenters. The molecular formula is C29H47NO. The maximum absolute atomic E-state index is 11.7. The Kier molecular flexibility index (Phi) is 9.19. The molecule has 0 amide bonds. The van der Waals surface area contributed by atoms with E-state index in [0.717, 1.165) is 25.2 Å². The number of nitrogens with zero attached hydrogens (tertiary/aromatic N) is 1. The van der Waals surface area contributed by atoms with Crippen LogP contribution in [0.2, 0.25) is 0 Å². The van der Waals surface area contributed by atoms with E-state index in [1.807, 2.05) is 0 Å². The fourth-order valence-electron chi connectivity index (χ4n) is 6.03. The highest BCUT2D eigenvalue weighted by Crippen LogP contribution is 2.41. The van der Waals surface area contributed by atoms with Gasteiger partial charge in [0.25, 0.3) is 0 Å². The van der Waals surface area contributed by atoms with Crippen molar-refractivity contribution in [3.63, 3.8) is 0 Å². The SMILES string of the molecule is CN1CCCC(Cc2ccc(CCC3CCC(C(C)(C)C)C[C@@H](C=O)C3)cc2)CCC1. The molecule has 0 bridgehead atoms. The van der Waals surface area contributed by atoms with Crippen LogP contribution in [0.5, 0.6) is 0 Å². The molecule has 1 saturated carbocycles. The number of aryl methyl sites for hydroxylation is 1. The van der Waals surface area contributed by atoms with E-state index in [4.69, 9.17) is 0 Å². The Morgan fingerprint density at radius 1 is 0.903 bits per heavy atom. The number of likely N-dealkylation sites (tertiary alicyclic amines) is 1. The van der Waals surface area contributed by atoms with E-state index in [0.29, 0.717) is 17.3 Å². The second kappa shape index (κ2) is 11.6. The van der Waals surface area contributed by atoms with E-state index in [1.54, 1.807) is 0 Å². The summed E-state index contributed by atoms with van der Waals surface area (Å²) in [6.07, 6.45) is 15.1. The molecule has 2 aliphatic rings. The van der Waals surface area contributed by atoms with Crippen molar-refractivity contribution >= 4 is 6.29 Å². The van der Waals surface area contributed by atoms with Gasteiger partial charge < -0.3 is 9.69 Å². The first-order chi connectivity index (χ1) is 14.8. The molecule has 0 radical (unpaired) electrons. The monoisotopic (exact) mass is 425 g/mol. The third-order valence-corrected chi connectivity index (χ3v) is 8.26. The molecule has 0 aromatic heterocycles. The van der Waals surface area contributed by atoms with Crippen LogP contribution in [0.1, 0.15) is 89.7 Å². The molecule has 3 atom stereocenters. The van der Waals surface area contributed by atoms with Crippen LogP contribution in [0.3, 0.4) is 0 Å². The van der Waals surface area contributed by atoms with E-state index in [1.165, 1.54) is 81.9 Å². The summed E-state index contributed by atoms with van der Waals surface area (Å²) < 4.78 is 0. The van der Waals surface area contributed by atoms with Crippen molar-refractivity contribution in [1.29, 1.82) is 0 Å². The minimum absolute atomic E-state index is 0.266. The maximum atomic E-state index is 11.7. The molecule has 2 fully saturated rings. The molecule has 31 heavy (non-hydrogen) atoms. The Hall–Kier alpha value is -1.15. The van der Waals surface area contributed by atoms with Gasteiger partial charge in [0.1, 0.15) is 6.29 Å². The number of rotatable bonds is 6. The Bertz CT molecular complexity index is 648. The van der Waals surface area contributed by atoms with Gasteiger partial charge in [-0.1, -0.05) is 51.5 Å². The van der Waals surface area contributed by atoms with Crippen LogP contribution in [-0.2, 0) is 17.6 Å². The van der Waals surface area contributed by atoms with Gasteiger partial charge in [-0.25, -0.2) is 0 Å². The highest BCUT2D eigenvalue weighted by atomic mass is 16.1. The molecule has 2 heteroatoms. The van der Waals surface area contributed by atoms with Crippen molar-refractivity contribution in [2.75, 3.05) is 20.1 Å². The zero-order valence-electron chi connectivity index (χ0n) is 20.7. The summed E-state index contributed by atoms with van der Waals surface area (Å²) in [4.78, 5) is 14.1. The topological polar surface area (TPSA) is 20.3 Å². The lowest BCUT2D eigenvalue weighted by Gasteiger charge is -2.30. The molecule has 1 heterocycles. The lowest BCUT2D eigenvalue weighted by molar-refractivity contribution is -0.112. The Morgan fingerprint density at radius 2 is 1.55 bits per heavy atom. The van der Waals surface area contributed by atoms with Gasteiger partial charge in [-0.3, -0.25) is 0 Å². The standard InChI is InChI=1S/C29H47NO/c1-29(2,3)28-16-15-26(20-27(21-28)22-31)14-11-23-9-12-25(13-10-23)19-24-7-5-17-30(4)18-6-8-24/h9-10,12-13,22,24,26-28H,5-8,11,14-21H2,1-4H3/t26?,27-,28?/m0/s1. The van der Waals surface area contributed by atoms with Crippen LogP contribution in [-0.4, -0.2) is 31.3 Å². The first-order valence-corrected chi connectivity index (χ1v) is 13.0. The summed E-state index contributed by atoms with van der Waals surface area (Å²) in [6.45, 7) is 9.56. The number of benzene rings is 1. The molecule has 1 aliphatic carbocycles. The molecule has 0 spiro atoms. The average molecular weight is 426 g/mol. The second-order valence-electron chi connectivity index (χ2n) is 11.9. The summed E-state index contributed by atoms with van der Waals surface area (Å²) in [7, 11) is 2.26. The molecular weight excluding hydrogens is 378 g/mol. The molecule has 0 N–H and O–H groups in total. The van der Waals surface area contributed by atoms with Crippen LogP contribution in [0, 0.1) is 29.1 Å². The van der Waals surface area contributed by atoms with E-state index in [-0.39, 0.29) is 5.92 Å². The molecule has 2 nitrogen and oxygen atoms in total. The van der Waals surface area contributed by atoms with Gasteiger partial charge in [0.2, 0.25) is 0 Å². The normalized spacial score (nSPS) is 27.3. The quantitative estimate of drug-likeness (QED) is 0.363. The summed E-state index contributed by atoms with van der Waals surface area (Å²) in [5.74, 6) is 2.51. The van der Waals surface area contributed by atoms with Crippen molar-refractivity contribution in [1.82, 2.24) is 4.90 Å². The molecule has 1 aromatic rings. The van der Waals surface area contributed by atoms with Crippen LogP contribution >= 0.6 is 0 Å². The molecule has 1 aromatic carbocycles. The summed E-state index contributed by atoms with van der Waals surface area (Å²) in [6, 6.07) is 9.52. The molecule has 1 aliphatic heterocycles. The van der Waals surface area contributed by atoms with Crippen LogP contribution in [0.4, 0.5) is 0 Å². The Labute approximate surface area is 192 Å². The van der Waals surface area contributed by atoms with Gasteiger partial charge in [0, 0.05) is 5.92 Å². The first-order valence-electron chi connectivity index (χ1n) is 13.0. The van der Waals surface area contributed by atoms with Crippen molar-refractivity contribution in [2.24, 2.45) is 29.1 Å². The largest absolute Gasteiger partial charge is 0.306 e. The predicted molar refractivity (Wildman–Crippen MR) is 132 cm³/mol. The maximum Gasteiger partial charge on any atom is 0.123 e. The zero-order valence-corrected chi connectivity index (χ0v) is 20.7. The summed E-state index contributed by atoms with van der Waals surface area (Å²) in [5.41, 5.74) is 3.31. The predicted octanol–water partition coefficient (Wildman–Crippen LogP) is 6.95. The van der Waals surface area contributed by atoms with Crippen LogP contribution in [0.25, 0.3) is 0 Å². The fourth-order valence-corrected chi connectivity index (χ4v) is 6.03. The fraction of sp³-hybridized carbons (Fsp3) is 0.759. The summed E-state index contributed by atoms with van der Waals surface area (Å²) in [5, 5.41) is 0. The number of hydrogen-bond acceptors (Lipinski definition) is 2. The van der Waals surface area contributed by atoms with Crippen molar-refractivity contribution in [3.8, 4) is 0 Å². The van der Waals surface area contributed by atoms with Crippen LogP contribution in [0.15, 0.2) is 24.3 Å². The number of aldehydes is 1. The molecule has 1 saturated heterocycles. The van der Waals surface area contributed by atoms with E-state index in [9.17, 15) is 4.79 Å². The lowest BCUT2D eigenvalue weighted by Crippen LogP contribution is -2.25. The van der Waals surface area contributed by atoms with Gasteiger partial charge in [-0.05, 0) is 119 Å². The average Bonchev–Trinajstić information content (AvgIpc) is 2.94. The zero-order chi connectivity index (χ0) is 22.3.